The summed E-state index contributed by atoms with van der Waals surface area (Å²) in [5.41, 5.74) is 1.26. The van der Waals surface area contributed by atoms with Crippen molar-refractivity contribution in [2.24, 2.45) is 4.99 Å². The number of halogens is 1. The van der Waals surface area contributed by atoms with Gasteiger partial charge in [-0.2, -0.15) is 0 Å². The zero-order valence-corrected chi connectivity index (χ0v) is 21.3. The molecule has 1 aromatic heterocycles. The van der Waals surface area contributed by atoms with Crippen LogP contribution in [-0.4, -0.2) is 38.8 Å². The molecule has 0 aliphatic rings. The van der Waals surface area contributed by atoms with Gasteiger partial charge in [0.2, 0.25) is 10.0 Å². The molecule has 10 heteroatoms. The van der Waals surface area contributed by atoms with Crippen LogP contribution >= 0.6 is 35.3 Å². The van der Waals surface area contributed by atoms with Crippen molar-refractivity contribution in [2.75, 3.05) is 24.1 Å². The quantitative estimate of drug-likeness (QED) is 0.187. The molecule has 3 rings (SSSR count). The summed E-state index contributed by atoms with van der Waals surface area (Å²) < 4.78 is 26.8. The largest absolute Gasteiger partial charge is 0.386 e. The fraction of sp³-hybridized carbons (Fsp3) is 0.286. The van der Waals surface area contributed by atoms with E-state index in [9.17, 15) is 13.5 Å². The minimum atomic E-state index is -3.37. The summed E-state index contributed by atoms with van der Waals surface area (Å²) in [6, 6.07) is 17.2. The zero-order valence-electron chi connectivity index (χ0n) is 17.3. The highest BCUT2D eigenvalue weighted by Crippen LogP contribution is 2.29. The van der Waals surface area contributed by atoms with E-state index in [1.165, 1.54) is 0 Å². The summed E-state index contributed by atoms with van der Waals surface area (Å²) in [4.78, 5) is 5.43. The van der Waals surface area contributed by atoms with Gasteiger partial charge >= 0.3 is 0 Å². The maximum Gasteiger partial charge on any atom is 0.229 e. The van der Waals surface area contributed by atoms with Crippen molar-refractivity contribution >= 4 is 67.1 Å². The molecular weight excluding hydrogens is 547 g/mol. The van der Waals surface area contributed by atoms with Gasteiger partial charge in [-0.05, 0) is 36.1 Å². The fourth-order valence-corrected chi connectivity index (χ4v) is 4.57. The van der Waals surface area contributed by atoms with Crippen LogP contribution in [-0.2, 0) is 16.6 Å². The average Bonchev–Trinajstić information content (AvgIpc) is 3.14. The topological polar surface area (TPSA) is 103 Å². The molecule has 7 nitrogen and oxygen atoms in total. The van der Waals surface area contributed by atoms with E-state index in [4.69, 9.17) is 0 Å². The third-order valence-corrected chi connectivity index (χ3v) is 6.11. The fourth-order valence-electron chi connectivity index (χ4n) is 2.92. The second-order valence-electron chi connectivity index (χ2n) is 6.81. The Balaban J connectivity index is 0.00000341. The zero-order chi connectivity index (χ0) is 21.6. The number of hydrogen-bond donors (Lipinski definition) is 4. The number of aliphatic hydroxyl groups is 1. The van der Waals surface area contributed by atoms with Gasteiger partial charge in [0.1, 0.15) is 6.10 Å². The van der Waals surface area contributed by atoms with Crippen molar-refractivity contribution in [3.8, 4) is 0 Å². The van der Waals surface area contributed by atoms with Crippen LogP contribution in [0.1, 0.15) is 23.5 Å². The Kier molecular flexibility index (Phi) is 9.54. The Hall–Kier alpha value is -1.89. The number of anilines is 1. The minimum absolute atomic E-state index is 0. The predicted octanol–water partition coefficient (Wildman–Crippen LogP) is 3.68. The normalized spacial score (nSPS) is 12.8. The molecule has 0 spiro atoms. The van der Waals surface area contributed by atoms with E-state index in [2.05, 4.69) is 20.3 Å². The van der Waals surface area contributed by atoms with Gasteiger partial charge in [0, 0.05) is 22.7 Å². The van der Waals surface area contributed by atoms with Crippen LogP contribution in [0.4, 0.5) is 5.69 Å². The number of aliphatic imine (C=N–C) groups is 1. The van der Waals surface area contributed by atoms with Crippen LogP contribution in [0.5, 0.6) is 0 Å². The first-order chi connectivity index (χ1) is 14.4. The van der Waals surface area contributed by atoms with E-state index >= 15 is 0 Å². The summed E-state index contributed by atoms with van der Waals surface area (Å²) in [7, 11) is -3.37. The molecule has 0 saturated carbocycles. The molecule has 0 amide bonds. The van der Waals surface area contributed by atoms with Crippen LogP contribution < -0.4 is 15.4 Å². The minimum Gasteiger partial charge on any atom is -0.386 e. The number of sulfonamides is 1. The number of rotatable bonds is 8. The van der Waals surface area contributed by atoms with Gasteiger partial charge in [0.05, 0.1) is 18.5 Å². The van der Waals surface area contributed by atoms with Crippen LogP contribution in [0.15, 0.2) is 59.6 Å². The second kappa shape index (κ2) is 11.7. The summed E-state index contributed by atoms with van der Waals surface area (Å²) in [5.74, 6) is 0.548. The van der Waals surface area contributed by atoms with E-state index < -0.39 is 16.1 Å². The first-order valence-electron chi connectivity index (χ1n) is 9.60. The van der Waals surface area contributed by atoms with E-state index in [1.54, 1.807) is 23.5 Å². The Labute approximate surface area is 204 Å². The van der Waals surface area contributed by atoms with Crippen molar-refractivity contribution in [1.82, 2.24) is 10.6 Å². The molecule has 4 N–H and O–H groups in total. The number of fused-ring (bicyclic) bond motifs is 1. The van der Waals surface area contributed by atoms with Crippen LogP contribution in [0.3, 0.4) is 0 Å². The summed E-state index contributed by atoms with van der Waals surface area (Å²) >= 11 is 1.57. The second-order valence-corrected chi connectivity index (χ2v) is 9.67. The van der Waals surface area contributed by atoms with E-state index in [0.717, 1.165) is 26.8 Å². The highest BCUT2D eigenvalue weighted by Gasteiger charge is 2.12. The van der Waals surface area contributed by atoms with E-state index in [-0.39, 0.29) is 30.5 Å². The highest BCUT2D eigenvalue weighted by atomic mass is 127. The van der Waals surface area contributed by atoms with Gasteiger partial charge in [0.15, 0.2) is 5.96 Å². The first-order valence-corrected chi connectivity index (χ1v) is 12.3. The molecule has 2 aromatic carbocycles. The molecule has 0 saturated heterocycles. The van der Waals surface area contributed by atoms with Gasteiger partial charge in [-0.25, -0.2) is 13.4 Å². The van der Waals surface area contributed by atoms with Crippen LogP contribution in [0, 0.1) is 0 Å². The maximum absolute atomic E-state index is 11.6. The van der Waals surface area contributed by atoms with Crippen LogP contribution in [0.2, 0.25) is 0 Å². The standard InChI is InChI=1S/C21H26N4O3S2.HI/c1-3-22-21(23-13-16-9-4-6-10-17(16)25-30(2,27)28)24-14-18(26)20-12-15-8-5-7-11-19(15)29-20;/h4-12,18,25-26H,3,13-14H2,1-2H3,(H2,22,23,24);1H. The van der Waals surface area contributed by atoms with Gasteiger partial charge in [-0.1, -0.05) is 36.4 Å². The number of thiophene rings is 1. The lowest BCUT2D eigenvalue weighted by molar-refractivity contribution is 0.184. The predicted molar refractivity (Wildman–Crippen MR) is 140 cm³/mol. The Bertz CT molecular complexity index is 1100. The Morgan fingerprint density at radius 1 is 1.13 bits per heavy atom. The number of guanidine groups is 1. The lowest BCUT2D eigenvalue weighted by atomic mass is 10.2. The molecule has 3 aromatic rings. The number of aliphatic hydroxyl groups excluding tert-OH is 1. The lowest BCUT2D eigenvalue weighted by Gasteiger charge is -2.15. The molecular formula is C21H27IN4O3S2. The SMILES string of the molecule is CCNC(=NCc1ccccc1NS(C)(=O)=O)NCC(O)c1cc2ccccc2s1.I. The smallest absolute Gasteiger partial charge is 0.229 e. The van der Waals surface area contributed by atoms with Gasteiger partial charge < -0.3 is 15.7 Å². The van der Waals surface area contributed by atoms with Gasteiger partial charge in [-0.3, -0.25) is 4.72 Å². The molecule has 0 radical (unpaired) electrons. The number of para-hydroxylation sites is 1. The Morgan fingerprint density at radius 2 is 1.84 bits per heavy atom. The lowest BCUT2D eigenvalue weighted by Crippen LogP contribution is -2.39. The third kappa shape index (κ3) is 7.63. The molecule has 0 fully saturated rings. The number of hydrogen-bond acceptors (Lipinski definition) is 5. The molecule has 1 unspecified atom stereocenters. The number of nitrogens with zero attached hydrogens (tertiary/aromatic N) is 1. The molecule has 1 atom stereocenters. The molecule has 0 bridgehead atoms. The molecule has 0 aliphatic carbocycles. The molecule has 0 aliphatic heterocycles. The highest BCUT2D eigenvalue weighted by molar-refractivity contribution is 14.0. The van der Waals surface area contributed by atoms with E-state index in [1.807, 2.05) is 49.4 Å². The number of benzene rings is 2. The first kappa shape index (κ1) is 25.4. The van der Waals surface area contributed by atoms with Crippen molar-refractivity contribution in [1.29, 1.82) is 0 Å². The molecule has 1 heterocycles. The summed E-state index contributed by atoms with van der Waals surface area (Å²) in [6.45, 7) is 3.21. The maximum atomic E-state index is 11.6. The number of nitrogens with one attached hydrogen (secondary N) is 3. The third-order valence-electron chi connectivity index (χ3n) is 4.30. The van der Waals surface area contributed by atoms with Crippen LogP contribution in [0.25, 0.3) is 10.1 Å². The van der Waals surface area contributed by atoms with Gasteiger partial charge in [-0.15, -0.1) is 35.3 Å². The van der Waals surface area contributed by atoms with Crippen molar-refractivity contribution < 1.29 is 13.5 Å². The Morgan fingerprint density at radius 3 is 2.55 bits per heavy atom. The van der Waals surface area contributed by atoms with Crippen molar-refractivity contribution in [3.63, 3.8) is 0 Å². The van der Waals surface area contributed by atoms with E-state index in [0.29, 0.717) is 24.7 Å². The van der Waals surface area contributed by atoms with Crippen molar-refractivity contribution in [3.05, 3.63) is 65.0 Å². The van der Waals surface area contributed by atoms with Gasteiger partial charge in [0.25, 0.3) is 0 Å². The monoisotopic (exact) mass is 574 g/mol. The average molecular weight is 575 g/mol. The molecule has 31 heavy (non-hydrogen) atoms. The molecule has 168 valence electrons. The summed E-state index contributed by atoms with van der Waals surface area (Å²) in [6.07, 6.45) is 0.457. The summed E-state index contributed by atoms with van der Waals surface area (Å²) in [5, 5.41) is 18.0. The van der Waals surface area contributed by atoms with Crippen molar-refractivity contribution in [2.45, 2.75) is 19.6 Å².